The minimum absolute atomic E-state index is 0.506. The van der Waals surface area contributed by atoms with Crippen molar-refractivity contribution in [2.24, 2.45) is 0 Å². The van der Waals surface area contributed by atoms with E-state index in [1.165, 1.54) is 0 Å². The summed E-state index contributed by atoms with van der Waals surface area (Å²) in [6, 6.07) is 7.46. The Bertz CT molecular complexity index is 586. The zero-order valence-electron chi connectivity index (χ0n) is 12.6. The summed E-state index contributed by atoms with van der Waals surface area (Å²) in [5.41, 5.74) is 1.89. The summed E-state index contributed by atoms with van der Waals surface area (Å²) in [4.78, 5) is 0. The van der Waals surface area contributed by atoms with E-state index in [2.05, 4.69) is 0 Å². The van der Waals surface area contributed by atoms with Crippen LogP contribution < -0.4 is 4.74 Å². The number of rotatable bonds is 3. The number of hydrogen-bond acceptors (Lipinski definition) is 7. The van der Waals surface area contributed by atoms with Gasteiger partial charge in [0.25, 0.3) is 0 Å². The van der Waals surface area contributed by atoms with Crippen molar-refractivity contribution >= 4 is 5.57 Å². The Hall–Kier alpha value is -1.48. The fourth-order valence-electron chi connectivity index (χ4n) is 2.73. The third-order valence-electron chi connectivity index (χ3n) is 4.06. The van der Waals surface area contributed by atoms with Gasteiger partial charge in [0.05, 0.1) is 6.61 Å². The van der Waals surface area contributed by atoms with Crippen molar-refractivity contribution in [2.75, 3.05) is 6.61 Å². The van der Waals surface area contributed by atoms with E-state index in [1.807, 2.05) is 25.1 Å². The normalized spacial score (nSPS) is 36.8. The highest BCUT2D eigenvalue weighted by Crippen LogP contribution is 2.33. The molecule has 0 amide bonds. The molecular weight excluding hydrogens is 304 g/mol. The molecular formula is C16H20O7. The molecule has 1 aromatic rings. The molecule has 126 valence electrons. The van der Waals surface area contributed by atoms with Crippen molar-refractivity contribution in [3.05, 3.63) is 35.9 Å². The standard InChI is InChI=1S/C16H20O7/c1-8-6-12(21-10-5-3-2-4-9(8)10)23-16-15(20)14(19)13(18)11(7-17)22-16/h2-6,11-20H,7H2,1H3/t11-,12?,13+,14+,15-,16-/m1/s1. The molecule has 0 spiro atoms. The van der Waals surface area contributed by atoms with Crippen LogP contribution in [0.4, 0.5) is 0 Å². The van der Waals surface area contributed by atoms with Crippen LogP contribution in [0.5, 0.6) is 5.75 Å². The molecule has 1 aromatic carbocycles. The van der Waals surface area contributed by atoms with Crippen LogP contribution in [0.1, 0.15) is 12.5 Å². The van der Waals surface area contributed by atoms with Gasteiger partial charge in [0.2, 0.25) is 6.29 Å². The molecule has 6 atom stereocenters. The highest BCUT2D eigenvalue weighted by atomic mass is 16.8. The van der Waals surface area contributed by atoms with Gasteiger partial charge in [-0.25, -0.2) is 0 Å². The number of aliphatic hydroxyl groups excluding tert-OH is 4. The minimum Gasteiger partial charge on any atom is -0.461 e. The number of fused-ring (bicyclic) bond motifs is 1. The zero-order chi connectivity index (χ0) is 16.6. The van der Waals surface area contributed by atoms with Crippen molar-refractivity contribution in [2.45, 2.75) is 43.9 Å². The predicted octanol–water partition coefficient (Wildman–Crippen LogP) is -0.375. The van der Waals surface area contributed by atoms with E-state index in [0.717, 1.165) is 11.1 Å². The van der Waals surface area contributed by atoms with Crippen molar-refractivity contribution in [1.82, 2.24) is 0 Å². The van der Waals surface area contributed by atoms with Crippen LogP contribution in [0.25, 0.3) is 5.57 Å². The third kappa shape index (κ3) is 3.12. The number of para-hydroxylation sites is 1. The lowest BCUT2D eigenvalue weighted by Gasteiger charge is -2.40. The van der Waals surface area contributed by atoms with Crippen LogP contribution >= 0.6 is 0 Å². The van der Waals surface area contributed by atoms with Crippen LogP contribution in [-0.2, 0) is 9.47 Å². The number of benzene rings is 1. The molecule has 1 fully saturated rings. The van der Waals surface area contributed by atoms with Gasteiger partial charge in [0.15, 0.2) is 6.29 Å². The summed E-state index contributed by atoms with van der Waals surface area (Å²) in [6.07, 6.45) is -5.69. The monoisotopic (exact) mass is 324 g/mol. The zero-order valence-corrected chi connectivity index (χ0v) is 12.6. The van der Waals surface area contributed by atoms with Gasteiger partial charge in [-0.15, -0.1) is 0 Å². The van der Waals surface area contributed by atoms with Crippen molar-refractivity contribution in [3.63, 3.8) is 0 Å². The molecule has 0 aliphatic carbocycles. The van der Waals surface area contributed by atoms with E-state index in [-0.39, 0.29) is 0 Å². The van der Waals surface area contributed by atoms with Gasteiger partial charge < -0.3 is 34.6 Å². The lowest BCUT2D eigenvalue weighted by molar-refractivity contribution is -0.321. The first kappa shape index (κ1) is 16.4. The Kier molecular flexibility index (Phi) is 4.67. The second-order valence-electron chi connectivity index (χ2n) is 5.67. The van der Waals surface area contributed by atoms with E-state index in [9.17, 15) is 20.4 Å². The summed E-state index contributed by atoms with van der Waals surface area (Å²) in [5, 5.41) is 38.7. The molecule has 4 N–H and O–H groups in total. The summed E-state index contributed by atoms with van der Waals surface area (Å²) < 4.78 is 16.6. The van der Waals surface area contributed by atoms with Gasteiger partial charge in [-0.2, -0.15) is 0 Å². The molecule has 2 aliphatic rings. The highest BCUT2D eigenvalue weighted by molar-refractivity contribution is 5.70. The molecule has 0 radical (unpaired) electrons. The molecule has 0 saturated carbocycles. The molecule has 7 nitrogen and oxygen atoms in total. The van der Waals surface area contributed by atoms with Gasteiger partial charge in [-0.1, -0.05) is 18.2 Å². The first-order valence-electron chi connectivity index (χ1n) is 7.41. The number of allylic oxidation sites excluding steroid dienone is 1. The first-order valence-corrected chi connectivity index (χ1v) is 7.41. The minimum atomic E-state index is -1.48. The quantitative estimate of drug-likeness (QED) is 0.600. The molecule has 3 rings (SSSR count). The second-order valence-corrected chi connectivity index (χ2v) is 5.67. The maximum absolute atomic E-state index is 10.00. The molecule has 7 heteroatoms. The van der Waals surface area contributed by atoms with Gasteiger partial charge >= 0.3 is 0 Å². The maximum atomic E-state index is 10.00. The van der Waals surface area contributed by atoms with Crippen molar-refractivity contribution in [1.29, 1.82) is 0 Å². The number of ether oxygens (including phenoxy) is 3. The number of hydrogen-bond donors (Lipinski definition) is 4. The summed E-state index contributed by atoms with van der Waals surface area (Å²) in [5.74, 6) is 0.641. The maximum Gasteiger partial charge on any atom is 0.222 e. The van der Waals surface area contributed by atoms with Crippen LogP contribution in [0, 0.1) is 0 Å². The first-order chi connectivity index (χ1) is 11.0. The summed E-state index contributed by atoms with van der Waals surface area (Å²) in [7, 11) is 0. The molecule has 0 bridgehead atoms. The average molecular weight is 324 g/mol. The van der Waals surface area contributed by atoms with Crippen molar-refractivity contribution in [3.8, 4) is 5.75 Å². The SMILES string of the molecule is CC1=CC(O[C@H]2O[C@H](CO)[C@H](O)[C@H](O)[C@H]2O)Oc2ccccc21. The third-order valence-corrected chi connectivity index (χ3v) is 4.06. The van der Waals surface area contributed by atoms with E-state index >= 15 is 0 Å². The molecule has 0 aromatic heterocycles. The lowest BCUT2D eigenvalue weighted by Crippen LogP contribution is -2.59. The fraction of sp³-hybridized carbons (Fsp3) is 0.500. The predicted molar refractivity (Wildman–Crippen MR) is 79.4 cm³/mol. The molecule has 23 heavy (non-hydrogen) atoms. The van der Waals surface area contributed by atoms with E-state index in [0.29, 0.717) is 5.75 Å². The number of aliphatic hydroxyl groups is 4. The van der Waals surface area contributed by atoms with Gasteiger partial charge in [-0.3, -0.25) is 0 Å². The Morgan fingerprint density at radius 1 is 1.09 bits per heavy atom. The Labute approximate surface area is 133 Å². The highest BCUT2D eigenvalue weighted by Gasteiger charge is 2.45. The van der Waals surface area contributed by atoms with Crippen LogP contribution in [-0.4, -0.2) is 64.0 Å². The lowest BCUT2D eigenvalue weighted by atomic mass is 9.99. The second kappa shape index (κ2) is 6.56. The molecule has 1 unspecified atom stereocenters. The van der Waals surface area contributed by atoms with Crippen molar-refractivity contribution < 1.29 is 34.6 Å². The fourth-order valence-corrected chi connectivity index (χ4v) is 2.73. The van der Waals surface area contributed by atoms with E-state index in [4.69, 9.17) is 14.2 Å². The molecule has 2 heterocycles. The average Bonchev–Trinajstić information content (AvgIpc) is 2.55. The van der Waals surface area contributed by atoms with Crippen LogP contribution in [0.15, 0.2) is 30.3 Å². The Balaban J connectivity index is 1.74. The van der Waals surface area contributed by atoms with E-state index in [1.54, 1.807) is 12.1 Å². The Morgan fingerprint density at radius 2 is 1.83 bits per heavy atom. The molecule has 2 aliphatic heterocycles. The summed E-state index contributed by atoms with van der Waals surface area (Å²) >= 11 is 0. The largest absolute Gasteiger partial charge is 0.461 e. The van der Waals surface area contributed by atoms with E-state index < -0.39 is 43.6 Å². The summed E-state index contributed by atoms with van der Waals surface area (Å²) in [6.45, 7) is 1.40. The van der Waals surface area contributed by atoms with Gasteiger partial charge in [0, 0.05) is 5.56 Å². The van der Waals surface area contributed by atoms with Crippen LogP contribution in [0.3, 0.4) is 0 Å². The molecule has 1 saturated heterocycles. The van der Waals surface area contributed by atoms with Crippen LogP contribution in [0.2, 0.25) is 0 Å². The smallest absolute Gasteiger partial charge is 0.222 e. The topological polar surface area (TPSA) is 109 Å². The Morgan fingerprint density at radius 3 is 2.57 bits per heavy atom. The van der Waals surface area contributed by atoms with Gasteiger partial charge in [0.1, 0.15) is 30.2 Å². The van der Waals surface area contributed by atoms with Gasteiger partial charge in [-0.05, 0) is 24.6 Å².